The Morgan fingerprint density at radius 1 is 1.30 bits per heavy atom. The molecule has 0 spiro atoms. The number of hydrogen-bond acceptors (Lipinski definition) is 4. The number of fused-ring (bicyclic) bond motifs is 1. The molecule has 2 heterocycles. The first-order chi connectivity index (χ1) is 13.0. The first kappa shape index (κ1) is 19.5. The Labute approximate surface area is 161 Å². The number of guanidine groups is 1. The van der Waals surface area contributed by atoms with Gasteiger partial charge in [0.25, 0.3) is 0 Å². The van der Waals surface area contributed by atoms with E-state index in [-0.39, 0.29) is 11.9 Å². The van der Waals surface area contributed by atoms with E-state index in [9.17, 15) is 4.79 Å². The second-order valence-electron chi connectivity index (χ2n) is 7.47. The van der Waals surface area contributed by atoms with E-state index in [2.05, 4.69) is 22.3 Å². The van der Waals surface area contributed by atoms with E-state index < -0.39 is 0 Å². The molecule has 2 aliphatic heterocycles. The third-order valence-corrected chi connectivity index (χ3v) is 5.46. The first-order valence-corrected chi connectivity index (χ1v) is 9.87. The predicted molar refractivity (Wildman–Crippen MR) is 106 cm³/mol. The van der Waals surface area contributed by atoms with Gasteiger partial charge in [-0.2, -0.15) is 0 Å². The number of carbonyl (C=O) groups is 1. The van der Waals surface area contributed by atoms with E-state index in [1.165, 1.54) is 11.1 Å². The summed E-state index contributed by atoms with van der Waals surface area (Å²) in [5.74, 6) is 1.66. The molecule has 7 heteroatoms. The standard InChI is InChI=1S/C20H31N5O2/c1-2-23-19(26)13-24-8-5-15(6-9-24)14-27-18-4-3-16-7-10-25(20(21)22)12-17(16)11-18/h3-4,11,15H,2,5-10,12-14H2,1H3,(H3,21,22)(H,23,26). The van der Waals surface area contributed by atoms with Crippen molar-refractivity contribution in [3.05, 3.63) is 29.3 Å². The van der Waals surface area contributed by atoms with Crippen LogP contribution in [0.1, 0.15) is 30.9 Å². The second kappa shape index (κ2) is 9.08. The maximum atomic E-state index is 11.7. The molecule has 1 aromatic carbocycles. The summed E-state index contributed by atoms with van der Waals surface area (Å²) in [4.78, 5) is 15.8. The lowest BCUT2D eigenvalue weighted by Crippen LogP contribution is -2.42. The van der Waals surface area contributed by atoms with Crippen molar-refractivity contribution in [3.8, 4) is 5.75 Å². The van der Waals surface area contributed by atoms with Crippen LogP contribution in [0.2, 0.25) is 0 Å². The molecule has 0 radical (unpaired) electrons. The predicted octanol–water partition coefficient (Wildman–Crippen LogP) is 1.17. The van der Waals surface area contributed by atoms with Crippen LogP contribution in [0.25, 0.3) is 0 Å². The summed E-state index contributed by atoms with van der Waals surface area (Å²) in [5.41, 5.74) is 8.14. The maximum absolute atomic E-state index is 11.7. The van der Waals surface area contributed by atoms with Gasteiger partial charge in [-0.1, -0.05) is 6.07 Å². The SMILES string of the molecule is CCNC(=O)CN1CCC(COc2ccc3c(c2)CN(C(=N)N)CC3)CC1. The highest BCUT2D eigenvalue weighted by Crippen LogP contribution is 2.25. The molecule has 1 saturated heterocycles. The van der Waals surface area contributed by atoms with E-state index in [0.29, 0.717) is 32.2 Å². The zero-order valence-electron chi connectivity index (χ0n) is 16.2. The number of amides is 1. The minimum absolute atomic E-state index is 0.112. The van der Waals surface area contributed by atoms with Crippen LogP contribution in [-0.4, -0.2) is 61.0 Å². The molecule has 1 fully saturated rings. The zero-order chi connectivity index (χ0) is 19.2. The molecule has 0 aliphatic carbocycles. The topological polar surface area (TPSA) is 94.7 Å². The van der Waals surface area contributed by atoms with Gasteiger partial charge in [0.15, 0.2) is 5.96 Å². The molecule has 148 valence electrons. The summed E-state index contributed by atoms with van der Waals surface area (Å²) < 4.78 is 6.06. The summed E-state index contributed by atoms with van der Waals surface area (Å²) in [5, 5.41) is 10.5. The van der Waals surface area contributed by atoms with Gasteiger partial charge in [-0.15, -0.1) is 0 Å². The molecule has 0 unspecified atom stereocenters. The normalized spacial score (nSPS) is 18.0. The Bertz CT molecular complexity index is 670. The lowest BCUT2D eigenvalue weighted by Gasteiger charge is -2.31. The number of benzene rings is 1. The van der Waals surface area contributed by atoms with Gasteiger partial charge in [0, 0.05) is 19.6 Å². The minimum Gasteiger partial charge on any atom is -0.493 e. The number of piperidine rings is 1. The van der Waals surface area contributed by atoms with Crippen molar-refractivity contribution in [3.63, 3.8) is 0 Å². The fraction of sp³-hybridized carbons (Fsp3) is 0.600. The average Bonchev–Trinajstić information content (AvgIpc) is 2.67. The zero-order valence-corrected chi connectivity index (χ0v) is 16.2. The Morgan fingerprint density at radius 3 is 2.78 bits per heavy atom. The molecule has 7 nitrogen and oxygen atoms in total. The van der Waals surface area contributed by atoms with Crippen molar-refractivity contribution in [2.75, 3.05) is 39.3 Å². The lowest BCUT2D eigenvalue weighted by atomic mass is 9.97. The van der Waals surface area contributed by atoms with Crippen molar-refractivity contribution >= 4 is 11.9 Å². The van der Waals surface area contributed by atoms with E-state index in [0.717, 1.165) is 44.6 Å². The third kappa shape index (κ3) is 5.35. The van der Waals surface area contributed by atoms with Gasteiger partial charge < -0.3 is 20.7 Å². The fourth-order valence-electron chi connectivity index (χ4n) is 3.81. The Kier molecular flexibility index (Phi) is 6.55. The van der Waals surface area contributed by atoms with Gasteiger partial charge in [0.2, 0.25) is 5.91 Å². The van der Waals surface area contributed by atoms with Crippen LogP contribution < -0.4 is 15.8 Å². The molecule has 0 bridgehead atoms. The highest BCUT2D eigenvalue weighted by atomic mass is 16.5. The van der Waals surface area contributed by atoms with E-state index in [1.807, 2.05) is 17.9 Å². The molecular weight excluding hydrogens is 342 g/mol. The molecular formula is C20H31N5O2. The molecule has 0 atom stereocenters. The molecule has 27 heavy (non-hydrogen) atoms. The van der Waals surface area contributed by atoms with Gasteiger partial charge in [-0.3, -0.25) is 15.1 Å². The van der Waals surface area contributed by atoms with Crippen LogP contribution in [0.4, 0.5) is 0 Å². The van der Waals surface area contributed by atoms with E-state index in [4.69, 9.17) is 15.9 Å². The summed E-state index contributed by atoms with van der Waals surface area (Å²) in [6.07, 6.45) is 3.03. The average molecular weight is 374 g/mol. The third-order valence-electron chi connectivity index (χ3n) is 5.46. The van der Waals surface area contributed by atoms with Crippen molar-refractivity contribution < 1.29 is 9.53 Å². The number of likely N-dealkylation sites (tertiary alicyclic amines) is 1. The van der Waals surface area contributed by atoms with Crippen molar-refractivity contribution in [2.45, 2.75) is 32.7 Å². The van der Waals surface area contributed by atoms with Crippen LogP contribution in [-0.2, 0) is 17.8 Å². The number of nitrogens with zero attached hydrogens (tertiary/aromatic N) is 2. The molecule has 0 saturated carbocycles. The van der Waals surface area contributed by atoms with Crippen LogP contribution in [0, 0.1) is 11.3 Å². The summed E-state index contributed by atoms with van der Waals surface area (Å²) in [7, 11) is 0. The molecule has 1 amide bonds. The van der Waals surface area contributed by atoms with Gasteiger partial charge in [0.1, 0.15) is 5.75 Å². The monoisotopic (exact) mass is 373 g/mol. The Hall–Kier alpha value is -2.28. The quantitative estimate of drug-likeness (QED) is 0.514. The van der Waals surface area contributed by atoms with Gasteiger partial charge >= 0.3 is 0 Å². The van der Waals surface area contributed by atoms with E-state index in [1.54, 1.807) is 0 Å². The number of nitrogens with two attached hydrogens (primary N) is 1. The van der Waals surface area contributed by atoms with Gasteiger partial charge in [0.05, 0.1) is 13.2 Å². The van der Waals surface area contributed by atoms with E-state index >= 15 is 0 Å². The first-order valence-electron chi connectivity index (χ1n) is 9.87. The summed E-state index contributed by atoms with van der Waals surface area (Å²) >= 11 is 0. The molecule has 1 aromatic rings. The van der Waals surface area contributed by atoms with Crippen LogP contribution >= 0.6 is 0 Å². The minimum atomic E-state index is 0.112. The summed E-state index contributed by atoms with van der Waals surface area (Å²) in [6, 6.07) is 6.28. The van der Waals surface area contributed by atoms with Crippen molar-refractivity contribution in [1.82, 2.24) is 15.1 Å². The molecule has 3 rings (SSSR count). The highest BCUT2D eigenvalue weighted by molar-refractivity contribution is 5.77. The Balaban J connectivity index is 1.45. The largest absolute Gasteiger partial charge is 0.493 e. The van der Waals surface area contributed by atoms with Gasteiger partial charge in [-0.25, -0.2) is 0 Å². The fourth-order valence-corrected chi connectivity index (χ4v) is 3.81. The molecule has 2 aliphatic rings. The molecule has 0 aromatic heterocycles. The van der Waals surface area contributed by atoms with Crippen molar-refractivity contribution in [2.24, 2.45) is 11.7 Å². The molecule has 4 N–H and O–H groups in total. The lowest BCUT2D eigenvalue weighted by molar-refractivity contribution is -0.122. The number of rotatable bonds is 6. The van der Waals surface area contributed by atoms with Crippen LogP contribution in [0.3, 0.4) is 0 Å². The number of hydrogen-bond donors (Lipinski definition) is 3. The Morgan fingerprint density at radius 2 is 2.07 bits per heavy atom. The van der Waals surface area contributed by atoms with Crippen LogP contribution in [0.15, 0.2) is 18.2 Å². The number of nitrogens with one attached hydrogen (secondary N) is 2. The smallest absolute Gasteiger partial charge is 0.234 e. The summed E-state index contributed by atoms with van der Waals surface area (Å²) in [6.45, 7) is 7.22. The number of likely N-dealkylation sites (N-methyl/N-ethyl adjacent to an activating group) is 1. The van der Waals surface area contributed by atoms with Crippen LogP contribution in [0.5, 0.6) is 5.75 Å². The number of ether oxygens (including phenoxy) is 1. The number of carbonyl (C=O) groups excluding carboxylic acids is 1. The second-order valence-corrected chi connectivity index (χ2v) is 7.47. The maximum Gasteiger partial charge on any atom is 0.234 e. The van der Waals surface area contributed by atoms with Gasteiger partial charge in [-0.05, 0) is 68.5 Å². The van der Waals surface area contributed by atoms with Crippen molar-refractivity contribution in [1.29, 1.82) is 5.41 Å². The highest BCUT2D eigenvalue weighted by Gasteiger charge is 2.22.